The molecule has 120 valence electrons. The lowest BCUT2D eigenvalue weighted by Crippen LogP contribution is -2.65. The molecule has 0 aliphatic carbocycles. The lowest BCUT2D eigenvalue weighted by atomic mass is 9.96. The van der Waals surface area contributed by atoms with E-state index in [1.807, 2.05) is 25.7 Å². The van der Waals surface area contributed by atoms with E-state index in [1.54, 1.807) is 0 Å². The van der Waals surface area contributed by atoms with Crippen LogP contribution in [0.2, 0.25) is 0 Å². The number of hydrogen-bond acceptors (Lipinski definition) is 5. The monoisotopic (exact) mass is 313 g/mol. The first-order valence-corrected chi connectivity index (χ1v) is 8.92. The van der Waals surface area contributed by atoms with E-state index in [9.17, 15) is 4.79 Å². The summed E-state index contributed by atoms with van der Waals surface area (Å²) < 4.78 is 5.43. The molecule has 3 heterocycles. The molecular formula is C15H27N3O2S. The molecule has 3 rings (SSSR count). The number of likely N-dealkylation sites (tertiary alicyclic amines) is 1. The number of hydrogen-bond donors (Lipinski definition) is 1. The summed E-state index contributed by atoms with van der Waals surface area (Å²) in [6.45, 7) is 7.39. The summed E-state index contributed by atoms with van der Waals surface area (Å²) >= 11 is 1.53. The molecule has 3 aliphatic heterocycles. The Balaban J connectivity index is 1.52. The maximum absolute atomic E-state index is 12.0. The van der Waals surface area contributed by atoms with Gasteiger partial charge in [-0.05, 0) is 46.5 Å². The fraction of sp³-hybridized carbons (Fsp3) is 0.933. The molecule has 3 aliphatic rings. The van der Waals surface area contributed by atoms with Crippen LogP contribution in [0.1, 0.15) is 46.5 Å². The Bertz CT molecular complexity index is 392. The van der Waals surface area contributed by atoms with E-state index >= 15 is 0 Å². The van der Waals surface area contributed by atoms with Crippen molar-refractivity contribution in [2.24, 2.45) is 5.14 Å². The molecule has 0 saturated carbocycles. The average Bonchev–Trinajstić information content (AvgIpc) is 2.57. The van der Waals surface area contributed by atoms with Gasteiger partial charge in [0.15, 0.2) is 0 Å². The Kier molecular flexibility index (Phi) is 4.14. The number of nitrogens with two attached hydrogens (primary N) is 1. The summed E-state index contributed by atoms with van der Waals surface area (Å²) in [5.41, 5.74) is -0.405. The van der Waals surface area contributed by atoms with Crippen molar-refractivity contribution in [3.05, 3.63) is 0 Å². The Labute approximate surface area is 131 Å². The van der Waals surface area contributed by atoms with Crippen LogP contribution in [0, 0.1) is 0 Å². The summed E-state index contributed by atoms with van der Waals surface area (Å²) in [5.74, 6) is 0. The number of piperidine rings is 1. The molecule has 6 heteroatoms. The van der Waals surface area contributed by atoms with Gasteiger partial charge in [0.2, 0.25) is 0 Å². The summed E-state index contributed by atoms with van der Waals surface area (Å²) in [4.78, 5) is 16.5. The zero-order valence-corrected chi connectivity index (χ0v) is 14.1. The van der Waals surface area contributed by atoms with Gasteiger partial charge in [0.25, 0.3) is 0 Å². The SMILES string of the molecule is CC(C)(C)OC(=O)N1CC(N2[C@H]3CC[C@H]2CC(SN)C3)C1. The molecule has 0 aromatic heterocycles. The van der Waals surface area contributed by atoms with E-state index in [4.69, 9.17) is 9.88 Å². The van der Waals surface area contributed by atoms with E-state index < -0.39 is 5.60 Å². The van der Waals surface area contributed by atoms with Crippen LogP contribution in [0.15, 0.2) is 0 Å². The molecule has 0 spiro atoms. The standard InChI is InChI=1S/C15H27N3O2S/c1-15(2,3)20-14(19)17-8-12(9-17)18-10-4-5-11(18)7-13(6-10)21-16/h10-13H,4-9,16H2,1-3H3/t10-,11-/m0/s1. The number of carbonyl (C=O) groups is 1. The number of amides is 1. The molecular weight excluding hydrogens is 286 g/mol. The van der Waals surface area contributed by atoms with E-state index in [0.717, 1.165) is 13.1 Å². The highest BCUT2D eigenvalue weighted by Gasteiger charge is 2.48. The fourth-order valence-electron chi connectivity index (χ4n) is 3.99. The van der Waals surface area contributed by atoms with E-state index in [2.05, 4.69) is 4.90 Å². The molecule has 3 saturated heterocycles. The number of rotatable bonds is 2. The summed E-state index contributed by atoms with van der Waals surface area (Å²) in [5, 5.41) is 6.40. The minimum absolute atomic E-state index is 0.168. The van der Waals surface area contributed by atoms with Crippen molar-refractivity contribution < 1.29 is 9.53 Å². The number of carbonyl (C=O) groups excluding carboxylic acids is 1. The smallest absolute Gasteiger partial charge is 0.410 e. The van der Waals surface area contributed by atoms with Gasteiger partial charge in [0.1, 0.15) is 5.60 Å². The molecule has 0 aromatic carbocycles. The summed E-state index contributed by atoms with van der Waals surface area (Å²) in [6.07, 6.45) is 4.84. The van der Waals surface area contributed by atoms with Crippen LogP contribution >= 0.6 is 11.9 Å². The average molecular weight is 313 g/mol. The quantitative estimate of drug-likeness (QED) is 0.792. The first kappa shape index (κ1) is 15.4. The summed E-state index contributed by atoms with van der Waals surface area (Å²) in [6, 6.07) is 1.88. The third-order valence-corrected chi connectivity index (χ3v) is 5.64. The Hall–Kier alpha value is -0.460. The molecule has 0 aromatic rings. The van der Waals surface area contributed by atoms with Gasteiger partial charge in [-0.25, -0.2) is 4.79 Å². The molecule has 2 atom stereocenters. The van der Waals surface area contributed by atoms with E-state index in [-0.39, 0.29) is 6.09 Å². The third kappa shape index (κ3) is 3.17. The molecule has 3 fully saturated rings. The largest absolute Gasteiger partial charge is 0.444 e. The normalized spacial score (nSPS) is 33.9. The van der Waals surface area contributed by atoms with Gasteiger partial charge >= 0.3 is 6.09 Å². The highest BCUT2D eigenvalue weighted by atomic mass is 32.2. The van der Waals surface area contributed by atoms with Crippen molar-refractivity contribution in [3.63, 3.8) is 0 Å². The number of nitrogens with zero attached hydrogens (tertiary/aromatic N) is 2. The second-order valence-electron chi connectivity index (χ2n) is 7.60. The van der Waals surface area contributed by atoms with Gasteiger partial charge in [-0.15, -0.1) is 0 Å². The topological polar surface area (TPSA) is 58.8 Å². The maximum Gasteiger partial charge on any atom is 0.410 e. The van der Waals surface area contributed by atoms with E-state index in [0.29, 0.717) is 23.4 Å². The minimum Gasteiger partial charge on any atom is -0.444 e. The highest BCUT2D eigenvalue weighted by Crippen LogP contribution is 2.41. The molecule has 2 bridgehead atoms. The Morgan fingerprint density at radius 3 is 2.19 bits per heavy atom. The number of fused-ring (bicyclic) bond motifs is 2. The van der Waals surface area contributed by atoms with Gasteiger partial charge in [-0.1, -0.05) is 11.9 Å². The molecule has 5 nitrogen and oxygen atoms in total. The first-order chi connectivity index (χ1) is 9.87. The molecule has 0 radical (unpaired) electrons. The maximum atomic E-state index is 12.0. The van der Waals surface area contributed by atoms with Gasteiger partial charge in [-0.2, -0.15) is 0 Å². The second kappa shape index (κ2) is 5.63. The molecule has 1 amide bonds. The van der Waals surface area contributed by atoms with Gasteiger partial charge in [-0.3, -0.25) is 10.0 Å². The van der Waals surface area contributed by atoms with Crippen molar-refractivity contribution in [2.45, 2.75) is 75.4 Å². The van der Waals surface area contributed by atoms with Crippen LogP contribution in [0.5, 0.6) is 0 Å². The second-order valence-corrected chi connectivity index (χ2v) is 8.54. The van der Waals surface area contributed by atoms with Crippen LogP contribution in [0.4, 0.5) is 4.79 Å². The third-order valence-electron chi connectivity index (χ3n) is 4.87. The van der Waals surface area contributed by atoms with Crippen molar-refractivity contribution in [1.29, 1.82) is 0 Å². The van der Waals surface area contributed by atoms with Gasteiger partial charge in [0, 0.05) is 36.5 Å². The first-order valence-electron chi connectivity index (χ1n) is 7.98. The van der Waals surface area contributed by atoms with Crippen LogP contribution in [0.25, 0.3) is 0 Å². The van der Waals surface area contributed by atoms with Crippen molar-refractivity contribution in [3.8, 4) is 0 Å². The fourth-order valence-corrected chi connectivity index (χ4v) is 4.66. The van der Waals surface area contributed by atoms with Gasteiger partial charge in [0.05, 0.1) is 0 Å². The van der Waals surface area contributed by atoms with Crippen LogP contribution < -0.4 is 5.14 Å². The highest BCUT2D eigenvalue weighted by molar-refractivity contribution is 7.97. The van der Waals surface area contributed by atoms with Gasteiger partial charge < -0.3 is 9.64 Å². The van der Waals surface area contributed by atoms with Crippen molar-refractivity contribution >= 4 is 18.0 Å². The van der Waals surface area contributed by atoms with E-state index in [1.165, 1.54) is 37.6 Å². The zero-order chi connectivity index (χ0) is 15.2. The predicted octanol–water partition coefficient (Wildman–Crippen LogP) is 2.21. The predicted molar refractivity (Wildman–Crippen MR) is 85.0 cm³/mol. The molecule has 2 N–H and O–H groups in total. The lowest BCUT2D eigenvalue weighted by Gasteiger charge is -2.50. The zero-order valence-electron chi connectivity index (χ0n) is 13.2. The Morgan fingerprint density at radius 2 is 1.71 bits per heavy atom. The van der Waals surface area contributed by atoms with Crippen LogP contribution in [0.3, 0.4) is 0 Å². The summed E-state index contributed by atoms with van der Waals surface area (Å²) in [7, 11) is 0. The molecule has 0 unspecified atom stereocenters. The Morgan fingerprint density at radius 1 is 1.14 bits per heavy atom. The van der Waals surface area contributed by atoms with Crippen molar-refractivity contribution in [1.82, 2.24) is 9.80 Å². The van der Waals surface area contributed by atoms with Crippen LogP contribution in [-0.4, -0.2) is 58.0 Å². The van der Waals surface area contributed by atoms with Crippen LogP contribution in [-0.2, 0) is 4.74 Å². The minimum atomic E-state index is -0.405. The molecule has 21 heavy (non-hydrogen) atoms. The lowest BCUT2D eigenvalue weighted by molar-refractivity contribution is -0.0337. The van der Waals surface area contributed by atoms with Crippen molar-refractivity contribution in [2.75, 3.05) is 13.1 Å². The number of ether oxygens (including phenoxy) is 1.